The maximum atomic E-state index is 12.3. The van der Waals surface area contributed by atoms with Gasteiger partial charge in [0, 0.05) is 0 Å². The van der Waals surface area contributed by atoms with E-state index in [2.05, 4.69) is 0 Å². The Labute approximate surface area is 115 Å². The van der Waals surface area contributed by atoms with Crippen LogP contribution in [0.4, 0.5) is 4.79 Å². The number of rotatable bonds is 3. The molecule has 1 aliphatic rings. The van der Waals surface area contributed by atoms with Gasteiger partial charge in [-0.3, -0.25) is 4.84 Å². The molecule has 1 saturated carbocycles. The number of hydrogen-bond acceptors (Lipinski definition) is 4. The number of quaternary nitrogens is 1. The van der Waals surface area contributed by atoms with E-state index >= 15 is 0 Å². The second-order valence-corrected chi connectivity index (χ2v) is 6.04. The first-order valence-electron chi connectivity index (χ1n) is 7.08. The van der Waals surface area contributed by atoms with Crippen molar-refractivity contribution in [2.45, 2.75) is 59.5 Å². The second-order valence-electron chi connectivity index (χ2n) is 6.04. The molecular formula is C14H26NO4+. The van der Waals surface area contributed by atoms with E-state index in [-0.39, 0.29) is 16.5 Å². The fourth-order valence-corrected chi connectivity index (χ4v) is 1.88. The van der Waals surface area contributed by atoms with Gasteiger partial charge in [-0.25, -0.2) is 4.79 Å². The minimum absolute atomic E-state index is 0.0435. The van der Waals surface area contributed by atoms with Crippen LogP contribution in [0, 0.1) is 5.92 Å². The summed E-state index contributed by atoms with van der Waals surface area (Å²) in [6.07, 6.45) is 2.29. The predicted molar refractivity (Wildman–Crippen MR) is 71.0 cm³/mol. The van der Waals surface area contributed by atoms with Crippen LogP contribution < -0.4 is 0 Å². The Hall–Kier alpha value is -1.10. The Bertz CT molecular complexity index is 338. The number of nitrogens with zero attached hydrogens (tertiary/aromatic N) is 1. The van der Waals surface area contributed by atoms with Crippen LogP contribution in [0.15, 0.2) is 0 Å². The van der Waals surface area contributed by atoms with Crippen LogP contribution in [0.25, 0.3) is 0 Å². The molecule has 1 amide bonds. The average Bonchev–Trinajstić information content (AvgIpc) is 2.20. The maximum absolute atomic E-state index is 12.3. The third-order valence-electron chi connectivity index (χ3n) is 3.45. The van der Waals surface area contributed by atoms with Gasteiger partial charge in [-0.1, -0.05) is 6.42 Å². The number of hydroxylamine groups is 3. The maximum Gasteiger partial charge on any atom is 0.559 e. The highest BCUT2D eigenvalue weighted by atomic mass is 16.8. The summed E-state index contributed by atoms with van der Waals surface area (Å²) in [6, 6.07) is 0. The number of carbonyl (C=O) groups is 2. The van der Waals surface area contributed by atoms with Crippen LogP contribution >= 0.6 is 0 Å². The van der Waals surface area contributed by atoms with Crippen molar-refractivity contribution >= 4 is 12.1 Å². The van der Waals surface area contributed by atoms with Crippen LogP contribution in [-0.4, -0.2) is 35.4 Å². The highest BCUT2D eigenvalue weighted by molar-refractivity contribution is 5.73. The summed E-state index contributed by atoms with van der Waals surface area (Å²) in [6.45, 7) is 9.81. The Morgan fingerprint density at radius 3 is 2.00 bits per heavy atom. The highest BCUT2D eigenvalue weighted by Gasteiger charge is 2.45. The summed E-state index contributed by atoms with van der Waals surface area (Å²) in [5.74, 6) is -0.321. The zero-order chi connectivity index (χ0) is 14.7. The summed E-state index contributed by atoms with van der Waals surface area (Å²) in [4.78, 5) is 29.7. The third-order valence-corrected chi connectivity index (χ3v) is 3.45. The largest absolute Gasteiger partial charge is 0.559 e. The van der Waals surface area contributed by atoms with Gasteiger partial charge in [-0.2, -0.15) is 4.79 Å². The normalized spacial score (nSPS) is 16.7. The zero-order valence-electron chi connectivity index (χ0n) is 12.7. The van der Waals surface area contributed by atoms with Crippen LogP contribution in [-0.2, 0) is 14.4 Å². The van der Waals surface area contributed by atoms with Crippen LogP contribution in [0.3, 0.4) is 0 Å². The molecule has 1 aliphatic carbocycles. The molecule has 0 atom stereocenters. The lowest BCUT2D eigenvalue weighted by atomic mass is 9.86. The fraction of sp³-hybridized carbons (Fsp3) is 0.857. The van der Waals surface area contributed by atoms with Gasteiger partial charge in [0.15, 0.2) is 0 Å². The number of hydrogen-bond donors (Lipinski definition) is 0. The van der Waals surface area contributed by atoms with Gasteiger partial charge in [0.2, 0.25) is 0 Å². The SMILES string of the molecule is CC[N+](CC)(OC(=O)C1CCC1)C(=O)OC(C)(C)C. The summed E-state index contributed by atoms with van der Waals surface area (Å²) in [7, 11) is 0. The summed E-state index contributed by atoms with van der Waals surface area (Å²) in [5, 5.41) is 0. The zero-order valence-corrected chi connectivity index (χ0v) is 12.7. The average molecular weight is 272 g/mol. The molecule has 1 rings (SSSR count). The van der Waals surface area contributed by atoms with E-state index in [0.29, 0.717) is 13.1 Å². The molecule has 0 spiro atoms. The van der Waals surface area contributed by atoms with E-state index in [1.807, 2.05) is 13.8 Å². The molecule has 0 aromatic rings. The lowest BCUT2D eigenvalue weighted by Gasteiger charge is -2.33. The van der Waals surface area contributed by atoms with E-state index in [1.165, 1.54) is 0 Å². The van der Waals surface area contributed by atoms with Gasteiger partial charge in [0.1, 0.15) is 18.7 Å². The first kappa shape index (κ1) is 16.0. The van der Waals surface area contributed by atoms with Gasteiger partial charge >= 0.3 is 12.1 Å². The van der Waals surface area contributed by atoms with Gasteiger partial charge in [-0.15, -0.1) is 0 Å². The van der Waals surface area contributed by atoms with E-state index in [1.54, 1.807) is 20.8 Å². The summed E-state index contributed by atoms with van der Waals surface area (Å²) in [5.41, 5.74) is -0.589. The van der Waals surface area contributed by atoms with Gasteiger partial charge < -0.3 is 4.74 Å². The first-order valence-corrected chi connectivity index (χ1v) is 7.08. The fourth-order valence-electron chi connectivity index (χ4n) is 1.88. The predicted octanol–water partition coefficient (Wildman–Crippen LogP) is 3.04. The minimum Gasteiger partial charge on any atom is -0.411 e. The molecule has 0 unspecified atom stereocenters. The summed E-state index contributed by atoms with van der Waals surface area (Å²) < 4.78 is 4.99. The number of amides is 1. The Morgan fingerprint density at radius 2 is 1.68 bits per heavy atom. The molecule has 1 fully saturated rings. The third kappa shape index (κ3) is 3.93. The molecule has 0 radical (unpaired) electrons. The lowest BCUT2D eigenvalue weighted by Crippen LogP contribution is -2.56. The lowest BCUT2D eigenvalue weighted by molar-refractivity contribution is -1.03. The molecule has 0 bridgehead atoms. The first-order chi connectivity index (χ1) is 8.74. The Balaban J connectivity index is 2.77. The molecule has 0 heterocycles. The van der Waals surface area contributed by atoms with E-state index in [4.69, 9.17) is 9.57 Å². The van der Waals surface area contributed by atoms with Crippen molar-refractivity contribution in [2.75, 3.05) is 13.1 Å². The number of carbonyl (C=O) groups excluding carboxylic acids is 2. The van der Waals surface area contributed by atoms with E-state index < -0.39 is 11.7 Å². The van der Waals surface area contributed by atoms with E-state index in [0.717, 1.165) is 19.3 Å². The smallest absolute Gasteiger partial charge is 0.411 e. The van der Waals surface area contributed by atoms with Crippen molar-refractivity contribution < 1.29 is 23.8 Å². The van der Waals surface area contributed by atoms with Crippen molar-refractivity contribution in [1.82, 2.24) is 0 Å². The molecule has 5 heteroatoms. The van der Waals surface area contributed by atoms with Crippen LogP contribution in [0.1, 0.15) is 53.9 Å². The molecule has 0 saturated heterocycles. The Morgan fingerprint density at radius 1 is 1.16 bits per heavy atom. The minimum atomic E-state index is -0.589. The quantitative estimate of drug-likeness (QED) is 0.585. The van der Waals surface area contributed by atoms with Crippen molar-refractivity contribution in [3.05, 3.63) is 0 Å². The van der Waals surface area contributed by atoms with Gasteiger partial charge in [0.05, 0.1) is 5.92 Å². The van der Waals surface area contributed by atoms with Crippen LogP contribution in [0.5, 0.6) is 0 Å². The summed E-state index contributed by atoms with van der Waals surface area (Å²) >= 11 is 0. The van der Waals surface area contributed by atoms with Crippen molar-refractivity contribution in [2.24, 2.45) is 5.92 Å². The van der Waals surface area contributed by atoms with Crippen molar-refractivity contribution in [1.29, 1.82) is 0 Å². The highest BCUT2D eigenvalue weighted by Crippen LogP contribution is 2.29. The topological polar surface area (TPSA) is 52.6 Å². The number of ether oxygens (including phenoxy) is 1. The van der Waals surface area contributed by atoms with Crippen LogP contribution in [0.2, 0.25) is 0 Å². The molecule has 0 aromatic carbocycles. The molecule has 19 heavy (non-hydrogen) atoms. The van der Waals surface area contributed by atoms with Crippen molar-refractivity contribution in [3.8, 4) is 0 Å². The van der Waals surface area contributed by atoms with E-state index in [9.17, 15) is 9.59 Å². The van der Waals surface area contributed by atoms with Gasteiger partial charge in [0.25, 0.3) is 0 Å². The van der Waals surface area contributed by atoms with Crippen molar-refractivity contribution in [3.63, 3.8) is 0 Å². The molecule has 110 valence electrons. The van der Waals surface area contributed by atoms with Gasteiger partial charge in [-0.05, 0) is 52.1 Å². The second kappa shape index (κ2) is 5.90. The standard InChI is InChI=1S/C14H26NO4/c1-6-15(7-2,13(17)18-14(3,4)5)19-12(16)11-9-8-10-11/h11H,6-10H2,1-5H3/q+1. The Kier molecular flexibility index (Phi) is 4.96. The molecule has 5 nitrogen and oxygen atoms in total. The molecular weight excluding hydrogens is 246 g/mol. The molecule has 0 aromatic heterocycles. The molecule has 0 aliphatic heterocycles. The molecule has 0 N–H and O–H groups in total. The monoisotopic (exact) mass is 272 g/mol.